The fourth-order valence-corrected chi connectivity index (χ4v) is 4.21. The van der Waals surface area contributed by atoms with Crippen molar-refractivity contribution in [2.75, 3.05) is 20.2 Å². The molecule has 2 aliphatic rings. The Kier molecular flexibility index (Phi) is 4.31. The topological polar surface area (TPSA) is 61.5 Å². The number of H-pyrrole nitrogens is 1. The molecule has 2 aliphatic heterocycles. The first-order chi connectivity index (χ1) is 12.2. The summed E-state index contributed by atoms with van der Waals surface area (Å²) in [6.45, 7) is 2.80. The van der Waals surface area contributed by atoms with E-state index in [1.165, 1.54) is 5.56 Å². The molecule has 0 atom stereocenters. The number of hydrogen-bond donors (Lipinski definition) is 1. The molecule has 2 saturated heterocycles. The smallest absolute Gasteiger partial charge is 0.246 e. The third-order valence-electron chi connectivity index (χ3n) is 5.61. The normalized spacial score (nSPS) is 20.5. The molecular weight excluding hydrogens is 316 g/mol. The number of amides is 1. The highest BCUT2D eigenvalue weighted by atomic mass is 16.7. The molecule has 1 amide bonds. The molecule has 25 heavy (non-hydrogen) atoms. The molecule has 1 aromatic heterocycles. The zero-order valence-electron chi connectivity index (χ0n) is 14.6. The summed E-state index contributed by atoms with van der Waals surface area (Å²) in [5.74, 6) is 0.122. The van der Waals surface area contributed by atoms with Gasteiger partial charge >= 0.3 is 0 Å². The van der Waals surface area contributed by atoms with Gasteiger partial charge < -0.3 is 0 Å². The highest BCUT2D eigenvalue weighted by Crippen LogP contribution is 2.39. The molecule has 0 bridgehead atoms. The van der Waals surface area contributed by atoms with Crippen molar-refractivity contribution in [3.8, 4) is 11.3 Å². The monoisotopic (exact) mass is 340 g/mol. The fraction of sp³-hybridized carbons (Fsp3) is 0.474. The van der Waals surface area contributed by atoms with E-state index in [2.05, 4.69) is 27.2 Å². The number of nitrogens with zero attached hydrogens (tertiary/aromatic N) is 3. The van der Waals surface area contributed by atoms with Gasteiger partial charge in [-0.05, 0) is 24.8 Å². The Balaban J connectivity index is 1.44. The Labute approximate surface area is 147 Å². The van der Waals surface area contributed by atoms with Gasteiger partial charge in [0.2, 0.25) is 5.91 Å². The van der Waals surface area contributed by atoms with Gasteiger partial charge in [-0.25, -0.2) is 5.06 Å². The number of aromatic amines is 1. The van der Waals surface area contributed by atoms with Crippen molar-refractivity contribution in [2.45, 2.75) is 37.8 Å². The van der Waals surface area contributed by atoms with Gasteiger partial charge in [0.15, 0.2) is 0 Å². The summed E-state index contributed by atoms with van der Waals surface area (Å²) in [5.41, 5.74) is 3.38. The average Bonchev–Trinajstić information content (AvgIpc) is 3.23. The van der Waals surface area contributed by atoms with Crippen LogP contribution in [0.5, 0.6) is 0 Å². The van der Waals surface area contributed by atoms with Gasteiger partial charge in [0, 0.05) is 31.6 Å². The molecule has 1 spiro atoms. The first-order valence-corrected chi connectivity index (χ1v) is 8.89. The van der Waals surface area contributed by atoms with E-state index in [-0.39, 0.29) is 11.4 Å². The first-order valence-electron chi connectivity index (χ1n) is 8.89. The lowest BCUT2D eigenvalue weighted by Gasteiger charge is -2.43. The number of nitrogens with one attached hydrogen (secondary N) is 1. The average molecular weight is 340 g/mol. The summed E-state index contributed by atoms with van der Waals surface area (Å²) in [6, 6.07) is 10.3. The maximum Gasteiger partial charge on any atom is 0.246 e. The van der Waals surface area contributed by atoms with Crippen LogP contribution in [-0.2, 0) is 16.2 Å². The van der Waals surface area contributed by atoms with Gasteiger partial charge in [-0.3, -0.25) is 19.6 Å². The second-order valence-electron chi connectivity index (χ2n) is 7.01. The van der Waals surface area contributed by atoms with Crippen LogP contribution < -0.4 is 0 Å². The summed E-state index contributed by atoms with van der Waals surface area (Å²) in [5, 5.41) is 9.01. The standard InChI is InChI=1S/C19H24N4O2/c1-25-23-17(24)7-8-19(23)9-11-22(12-10-19)14-16-13-20-21-18(16)15-5-3-2-4-6-15/h2-6,13H,7-12,14H2,1H3,(H,20,21). The first kappa shape index (κ1) is 16.3. The lowest BCUT2D eigenvalue weighted by Crippen LogP contribution is -2.52. The minimum absolute atomic E-state index is 0.0962. The predicted molar refractivity (Wildman–Crippen MR) is 94.4 cm³/mol. The van der Waals surface area contributed by atoms with E-state index in [1.807, 2.05) is 24.4 Å². The van der Waals surface area contributed by atoms with E-state index in [1.54, 1.807) is 12.2 Å². The molecule has 2 aromatic rings. The van der Waals surface area contributed by atoms with E-state index in [0.717, 1.165) is 50.2 Å². The molecule has 0 saturated carbocycles. The van der Waals surface area contributed by atoms with Gasteiger partial charge in [-0.2, -0.15) is 5.10 Å². The third-order valence-corrected chi connectivity index (χ3v) is 5.61. The SMILES string of the molecule is CON1C(=O)CCC12CCN(Cc1cn[nH]c1-c1ccccc1)CC2. The Morgan fingerprint density at radius 3 is 2.68 bits per heavy atom. The van der Waals surface area contributed by atoms with Crippen LogP contribution in [-0.4, -0.2) is 51.8 Å². The molecular formula is C19H24N4O2. The fourth-order valence-electron chi connectivity index (χ4n) is 4.21. The third kappa shape index (κ3) is 2.96. The maximum absolute atomic E-state index is 12.0. The second-order valence-corrected chi connectivity index (χ2v) is 7.01. The lowest BCUT2D eigenvalue weighted by molar-refractivity contribution is -0.202. The quantitative estimate of drug-likeness (QED) is 0.929. The number of carbonyl (C=O) groups is 1. The highest BCUT2D eigenvalue weighted by Gasteiger charge is 2.47. The molecule has 2 fully saturated rings. The summed E-state index contributed by atoms with van der Waals surface area (Å²) >= 11 is 0. The second kappa shape index (κ2) is 6.61. The Morgan fingerprint density at radius 1 is 1.20 bits per heavy atom. The molecule has 4 rings (SSSR count). The molecule has 1 aromatic carbocycles. The minimum Gasteiger partial charge on any atom is -0.299 e. The summed E-state index contributed by atoms with van der Waals surface area (Å²) < 4.78 is 0. The maximum atomic E-state index is 12.0. The number of benzene rings is 1. The Hall–Kier alpha value is -2.18. The van der Waals surface area contributed by atoms with E-state index in [0.29, 0.717) is 6.42 Å². The van der Waals surface area contributed by atoms with Crippen LogP contribution in [0.2, 0.25) is 0 Å². The largest absolute Gasteiger partial charge is 0.299 e. The zero-order chi connectivity index (χ0) is 17.3. The van der Waals surface area contributed by atoms with Gasteiger partial charge in [-0.1, -0.05) is 30.3 Å². The molecule has 1 N–H and O–H groups in total. The summed E-state index contributed by atoms with van der Waals surface area (Å²) in [7, 11) is 1.61. The van der Waals surface area contributed by atoms with Crippen molar-refractivity contribution in [2.24, 2.45) is 0 Å². The molecule has 6 heteroatoms. The Bertz CT molecular complexity index is 735. The number of rotatable bonds is 4. The number of hydroxylamine groups is 2. The van der Waals surface area contributed by atoms with Gasteiger partial charge in [0.1, 0.15) is 0 Å². The predicted octanol–water partition coefficient (Wildman–Crippen LogP) is 2.60. The molecule has 0 aliphatic carbocycles. The molecule has 132 valence electrons. The van der Waals surface area contributed by atoms with Crippen molar-refractivity contribution < 1.29 is 9.63 Å². The Morgan fingerprint density at radius 2 is 1.96 bits per heavy atom. The van der Waals surface area contributed by atoms with Crippen LogP contribution in [0.15, 0.2) is 36.5 Å². The minimum atomic E-state index is -0.0962. The zero-order valence-corrected chi connectivity index (χ0v) is 14.6. The van der Waals surface area contributed by atoms with Crippen molar-refractivity contribution in [3.05, 3.63) is 42.1 Å². The van der Waals surface area contributed by atoms with Gasteiger partial charge in [0.05, 0.1) is 24.5 Å². The van der Waals surface area contributed by atoms with Crippen LogP contribution in [0, 0.1) is 0 Å². The summed E-state index contributed by atoms with van der Waals surface area (Å²) in [6.07, 6.45) is 5.37. The van der Waals surface area contributed by atoms with Crippen LogP contribution in [0.25, 0.3) is 11.3 Å². The summed E-state index contributed by atoms with van der Waals surface area (Å²) in [4.78, 5) is 19.8. The van der Waals surface area contributed by atoms with E-state index in [9.17, 15) is 4.79 Å². The number of aromatic nitrogens is 2. The highest BCUT2D eigenvalue weighted by molar-refractivity contribution is 5.78. The molecule has 0 radical (unpaired) electrons. The number of piperidine rings is 1. The van der Waals surface area contributed by atoms with Gasteiger partial charge in [-0.15, -0.1) is 0 Å². The number of hydrogen-bond acceptors (Lipinski definition) is 4. The molecule has 6 nitrogen and oxygen atoms in total. The van der Waals surface area contributed by atoms with Crippen molar-refractivity contribution in [1.29, 1.82) is 0 Å². The van der Waals surface area contributed by atoms with Gasteiger partial charge in [0.25, 0.3) is 0 Å². The lowest BCUT2D eigenvalue weighted by atomic mass is 9.86. The van der Waals surface area contributed by atoms with Crippen LogP contribution in [0.4, 0.5) is 0 Å². The van der Waals surface area contributed by atoms with Crippen molar-refractivity contribution >= 4 is 5.91 Å². The van der Waals surface area contributed by atoms with E-state index >= 15 is 0 Å². The molecule has 3 heterocycles. The van der Waals surface area contributed by atoms with E-state index in [4.69, 9.17) is 4.84 Å². The number of carbonyl (C=O) groups excluding carboxylic acids is 1. The van der Waals surface area contributed by atoms with Crippen LogP contribution in [0.3, 0.4) is 0 Å². The van der Waals surface area contributed by atoms with Crippen LogP contribution in [0.1, 0.15) is 31.2 Å². The number of likely N-dealkylation sites (tertiary alicyclic amines) is 1. The van der Waals surface area contributed by atoms with Crippen LogP contribution >= 0.6 is 0 Å². The van der Waals surface area contributed by atoms with Crippen molar-refractivity contribution in [1.82, 2.24) is 20.2 Å². The van der Waals surface area contributed by atoms with Crippen molar-refractivity contribution in [3.63, 3.8) is 0 Å². The van der Waals surface area contributed by atoms with E-state index < -0.39 is 0 Å². The molecule has 0 unspecified atom stereocenters.